The highest BCUT2D eigenvalue weighted by Crippen LogP contribution is 2.26. The quantitative estimate of drug-likeness (QED) is 0.658. The first-order chi connectivity index (χ1) is 5.43. The van der Waals surface area contributed by atoms with Gasteiger partial charge in [-0.2, -0.15) is 0 Å². The van der Waals surface area contributed by atoms with Gasteiger partial charge in [0.15, 0.2) is 5.54 Å². The maximum atomic E-state index is 10.5. The van der Waals surface area contributed by atoms with Crippen LogP contribution in [0.5, 0.6) is 0 Å². The lowest BCUT2D eigenvalue weighted by Gasteiger charge is -2.14. The van der Waals surface area contributed by atoms with Gasteiger partial charge in [0.25, 0.3) is 0 Å². The molecule has 0 saturated heterocycles. The molecule has 0 amide bonds. The fraction of sp³-hybridized carbons (Fsp3) is 0.750. The van der Waals surface area contributed by atoms with E-state index in [0.717, 1.165) is 10.8 Å². The molecule has 3 nitrogen and oxygen atoms in total. The van der Waals surface area contributed by atoms with Crippen LogP contribution in [0.2, 0.25) is 0 Å². The van der Waals surface area contributed by atoms with Gasteiger partial charge in [0.2, 0.25) is 11.6 Å². The Kier molecular flexibility index (Phi) is 2.46. The topological polar surface area (TPSA) is 40.3 Å². The van der Waals surface area contributed by atoms with Crippen LogP contribution in [0.15, 0.2) is 0 Å². The van der Waals surface area contributed by atoms with E-state index in [2.05, 4.69) is 13.8 Å². The van der Waals surface area contributed by atoms with Crippen molar-refractivity contribution < 1.29 is 14.5 Å². The van der Waals surface area contributed by atoms with E-state index in [4.69, 9.17) is 5.11 Å². The maximum absolute atomic E-state index is 10.5. The van der Waals surface area contributed by atoms with Crippen LogP contribution in [0.4, 0.5) is 0 Å². The minimum atomic E-state index is -0.759. The van der Waals surface area contributed by atoms with Crippen molar-refractivity contribution in [2.75, 3.05) is 12.3 Å². The minimum Gasteiger partial charge on any atom is -0.477 e. The Balaban J connectivity index is 2.84. The molecule has 0 aromatic carbocycles. The molecule has 0 aliphatic carbocycles. The molecule has 0 atom stereocenters. The van der Waals surface area contributed by atoms with Gasteiger partial charge >= 0.3 is 5.97 Å². The Morgan fingerprint density at radius 3 is 2.67 bits per heavy atom. The highest BCUT2D eigenvalue weighted by molar-refractivity contribution is 8.13. The zero-order chi connectivity index (χ0) is 9.35. The summed E-state index contributed by atoms with van der Waals surface area (Å²) in [5.74, 6) is 0.219. The van der Waals surface area contributed by atoms with Crippen molar-refractivity contribution in [2.45, 2.75) is 26.3 Å². The highest BCUT2D eigenvalue weighted by Gasteiger charge is 2.39. The summed E-state index contributed by atoms with van der Waals surface area (Å²) in [6.07, 6.45) is 0. The molecule has 1 aliphatic rings. The van der Waals surface area contributed by atoms with Crippen molar-refractivity contribution in [1.82, 2.24) is 0 Å². The Hall–Kier alpha value is -0.510. The van der Waals surface area contributed by atoms with E-state index < -0.39 is 5.97 Å². The van der Waals surface area contributed by atoms with Crippen molar-refractivity contribution in [3.63, 3.8) is 0 Å². The molecule has 0 spiro atoms. The molecule has 0 radical (unpaired) electrons. The highest BCUT2D eigenvalue weighted by atomic mass is 32.2. The van der Waals surface area contributed by atoms with Crippen molar-refractivity contribution in [3.05, 3.63) is 0 Å². The predicted molar refractivity (Wildman–Crippen MR) is 50.0 cm³/mol. The van der Waals surface area contributed by atoms with Crippen molar-refractivity contribution in [2.24, 2.45) is 0 Å². The lowest BCUT2D eigenvalue weighted by atomic mass is 10.1. The van der Waals surface area contributed by atoms with Gasteiger partial charge in [-0.25, -0.2) is 9.37 Å². The van der Waals surface area contributed by atoms with Crippen LogP contribution in [-0.4, -0.2) is 38.5 Å². The van der Waals surface area contributed by atoms with Crippen molar-refractivity contribution in [3.8, 4) is 0 Å². The Morgan fingerprint density at radius 1 is 1.75 bits per heavy atom. The van der Waals surface area contributed by atoms with Crippen LogP contribution >= 0.6 is 11.8 Å². The average Bonchev–Trinajstić information content (AvgIpc) is 2.15. The molecular weight excluding hydrogens is 174 g/mol. The van der Waals surface area contributed by atoms with E-state index in [0.29, 0.717) is 0 Å². The van der Waals surface area contributed by atoms with Gasteiger partial charge in [-0.15, -0.1) is 0 Å². The van der Waals surface area contributed by atoms with Crippen LogP contribution in [0.25, 0.3) is 0 Å². The van der Waals surface area contributed by atoms with Crippen molar-refractivity contribution in [1.29, 1.82) is 0 Å². The predicted octanol–water partition coefficient (Wildman–Crippen LogP) is 1.03. The molecule has 1 aliphatic heterocycles. The largest absolute Gasteiger partial charge is 0.477 e. The van der Waals surface area contributed by atoms with E-state index in [1.54, 1.807) is 11.8 Å². The first-order valence-electron chi connectivity index (χ1n) is 3.89. The van der Waals surface area contributed by atoms with E-state index in [-0.39, 0.29) is 12.1 Å². The molecular formula is C8H14NO2S+. The molecule has 0 fully saturated rings. The number of carbonyl (C=O) groups is 1. The summed E-state index contributed by atoms with van der Waals surface area (Å²) in [6.45, 7) is 6.23. The van der Waals surface area contributed by atoms with E-state index in [1.165, 1.54) is 0 Å². The third-order valence-electron chi connectivity index (χ3n) is 2.04. The summed E-state index contributed by atoms with van der Waals surface area (Å²) < 4.78 is 1.94. The SMILES string of the molecule is CC1=[N+](CC(=O)O)C(C)(C)CS1. The Morgan fingerprint density at radius 2 is 2.33 bits per heavy atom. The number of carboxylic acid groups (broad SMARTS) is 1. The second kappa shape index (κ2) is 3.09. The van der Waals surface area contributed by atoms with Gasteiger partial charge in [-0.3, -0.25) is 0 Å². The number of carboxylic acids is 1. The second-order valence-corrected chi connectivity index (χ2v) is 4.77. The first-order valence-corrected chi connectivity index (χ1v) is 4.88. The number of thioether (sulfide) groups is 1. The normalized spacial score (nSPS) is 21.6. The molecule has 0 aromatic rings. The summed E-state index contributed by atoms with van der Waals surface area (Å²) in [5.41, 5.74) is -0.00681. The summed E-state index contributed by atoms with van der Waals surface area (Å²) in [4.78, 5) is 10.5. The van der Waals surface area contributed by atoms with E-state index >= 15 is 0 Å². The standard InChI is InChI=1S/C8H13NO2S/c1-6-9(4-7(10)11)8(2,3)5-12-6/h4-5H2,1-3H3/p+1. The van der Waals surface area contributed by atoms with Gasteiger partial charge in [-0.1, -0.05) is 11.8 Å². The molecule has 0 aromatic heterocycles. The van der Waals surface area contributed by atoms with Gasteiger partial charge in [0.05, 0.1) is 5.75 Å². The van der Waals surface area contributed by atoms with Crippen LogP contribution in [0.3, 0.4) is 0 Å². The molecule has 4 heteroatoms. The number of hydrogen-bond donors (Lipinski definition) is 1. The average molecular weight is 188 g/mol. The lowest BCUT2D eigenvalue weighted by molar-refractivity contribution is -0.581. The van der Waals surface area contributed by atoms with E-state index in [9.17, 15) is 4.79 Å². The summed E-state index contributed by atoms with van der Waals surface area (Å²) >= 11 is 1.73. The number of nitrogens with zero attached hydrogens (tertiary/aromatic N) is 1. The Labute approximate surface area is 76.5 Å². The number of aliphatic carboxylic acids is 1. The third kappa shape index (κ3) is 1.80. The minimum absolute atomic E-state index is 0.00681. The lowest BCUT2D eigenvalue weighted by Crippen LogP contribution is -2.39. The zero-order valence-corrected chi connectivity index (χ0v) is 8.44. The second-order valence-electron chi connectivity index (χ2n) is 3.60. The summed E-state index contributed by atoms with van der Waals surface area (Å²) in [5, 5.41) is 9.77. The summed E-state index contributed by atoms with van der Waals surface area (Å²) in [6, 6.07) is 0. The molecule has 68 valence electrons. The molecule has 12 heavy (non-hydrogen) atoms. The van der Waals surface area contributed by atoms with Crippen LogP contribution in [0, 0.1) is 0 Å². The van der Waals surface area contributed by atoms with Gasteiger partial charge in [-0.05, 0) is 0 Å². The van der Waals surface area contributed by atoms with Crippen LogP contribution in [0.1, 0.15) is 20.8 Å². The third-order valence-corrected chi connectivity index (χ3v) is 3.53. The molecule has 0 unspecified atom stereocenters. The first kappa shape index (κ1) is 9.58. The molecule has 0 saturated carbocycles. The fourth-order valence-corrected chi connectivity index (χ4v) is 2.51. The van der Waals surface area contributed by atoms with Gasteiger partial charge in [0, 0.05) is 20.8 Å². The Bertz CT molecular complexity index is 245. The number of rotatable bonds is 2. The monoisotopic (exact) mass is 188 g/mol. The van der Waals surface area contributed by atoms with Gasteiger partial charge < -0.3 is 5.11 Å². The van der Waals surface area contributed by atoms with Crippen molar-refractivity contribution >= 4 is 22.8 Å². The molecule has 1 heterocycles. The zero-order valence-electron chi connectivity index (χ0n) is 7.63. The van der Waals surface area contributed by atoms with Gasteiger partial charge in [0.1, 0.15) is 0 Å². The van der Waals surface area contributed by atoms with Crippen LogP contribution in [-0.2, 0) is 4.79 Å². The smallest absolute Gasteiger partial charge is 0.369 e. The fourth-order valence-electron chi connectivity index (χ4n) is 1.32. The number of hydrogen-bond acceptors (Lipinski definition) is 2. The van der Waals surface area contributed by atoms with Crippen LogP contribution < -0.4 is 0 Å². The summed E-state index contributed by atoms with van der Waals surface area (Å²) in [7, 11) is 0. The molecule has 1 rings (SSSR count). The molecule has 0 bridgehead atoms. The molecule has 1 N–H and O–H groups in total. The van der Waals surface area contributed by atoms with E-state index in [1.807, 2.05) is 11.5 Å². The maximum Gasteiger partial charge on any atom is 0.369 e.